The van der Waals surface area contributed by atoms with Gasteiger partial charge in [-0.15, -0.1) is 0 Å². The molecular weight excluding hydrogens is 260 g/mol. The van der Waals surface area contributed by atoms with E-state index in [2.05, 4.69) is 0 Å². The van der Waals surface area contributed by atoms with Crippen LogP contribution in [0.25, 0.3) is 0 Å². The van der Waals surface area contributed by atoms with Crippen molar-refractivity contribution < 1.29 is 14.4 Å². The third-order valence-electron chi connectivity index (χ3n) is 2.08. The van der Waals surface area contributed by atoms with Gasteiger partial charge in [0.05, 0.1) is 6.16 Å². The van der Waals surface area contributed by atoms with E-state index in [0.29, 0.717) is 5.02 Å². The summed E-state index contributed by atoms with van der Waals surface area (Å²) in [5.74, 6) is -0.330. The maximum atomic E-state index is 10.9. The third-order valence-corrected chi connectivity index (χ3v) is 3.25. The van der Waals surface area contributed by atoms with E-state index in [4.69, 9.17) is 27.1 Å². The van der Waals surface area contributed by atoms with Crippen molar-refractivity contribution in [2.24, 2.45) is 5.73 Å². The molecule has 0 spiro atoms. The fourth-order valence-electron chi connectivity index (χ4n) is 1.34. The first-order chi connectivity index (χ1) is 6.92. The fraction of sp³-hybridized carbons (Fsp3) is 0.333. The first-order valence-electron chi connectivity index (χ1n) is 4.42. The van der Waals surface area contributed by atoms with E-state index in [0.717, 1.165) is 5.56 Å². The van der Waals surface area contributed by atoms with Crippen molar-refractivity contribution >= 4 is 48.8 Å². The number of nitrogens with two attached hydrogens (primary N) is 1. The van der Waals surface area contributed by atoms with Crippen LogP contribution in [-0.4, -0.2) is 52.1 Å². The van der Waals surface area contributed by atoms with Crippen molar-refractivity contribution in [2.45, 2.75) is 5.92 Å². The van der Waals surface area contributed by atoms with Gasteiger partial charge in [-0.25, -0.2) is 0 Å². The van der Waals surface area contributed by atoms with Gasteiger partial charge in [-0.2, -0.15) is 0 Å². The van der Waals surface area contributed by atoms with Crippen molar-refractivity contribution in [3.8, 4) is 0 Å². The molecule has 0 aromatic heterocycles. The Bertz CT molecular complexity index is 368. The average molecular weight is 274 g/mol. The molecule has 1 aromatic rings. The molecule has 0 aliphatic rings. The van der Waals surface area contributed by atoms with Gasteiger partial charge in [-0.3, -0.25) is 4.57 Å². The molecule has 0 bridgehead atoms. The van der Waals surface area contributed by atoms with Gasteiger partial charge in [0, 0.05) is 10.9 Å². The maximum absolute atomic E-state index is 10.9. The van der Waals surface area contributed by atoms with Crippen LogP contribution in [0.3, 0.4) is 0 Å². The van der Waals surface area contributed by atoms with Crippen LogP contribution in [0.15, 0.2) is 24.3 Å². The fourth-order valence-corrected chi connectivity index (χ4v) is 2.40. The quantitative estimate of drug-likeness (QED) is 0.562. The van der Waals surface area contributed by atoms with Crippen molar-refractivity contribution in [3.05, 3.63) is 34.9 Å². The molecule has 0 fully saturated rings. The van der Waals surface area contributed by atoms with Crippen molar-refractivity contribution in [1.29, 1.82) is 0 Å². The van der Waals surface area contributed by atoms with Gasteiger partial charge >= 0.3 is 37.2 Å². The standard InChI is InChI=1S/C9H13ClNO3P.Na.H/c10-9-3-1-7(2-4-9)8(5-11)6-15(12,13)14;;/h1-4,8H,5-6,11H2,(H2,12,13,14);;. The Kier molecular flexibility index (Phi) is 7.42. The minimum atomic E-state index is -4.03. The summed E-state index contributed by atoms with van der Waals surface area (Å²) < 4.78 is 10.9. The zero-order valence-electron chi connectivity index (χ0n) is 8.01. The van der Waals surface area contributed by atoms with E-state index in [1.807, 2.05) is 0 Å². The Morgan fingerprint density at radius 3 is 2.19 bits per heavy atom. The van der Waals surface area contributed by atoms with E-state index in [9.17, 15) is 4.57 Å². The first kappa shape index (κ1) is 16.6. The summed E-state index contributed by atoms with van der Waals surface area (Å²) in [4.78, 5) is 17.7. The molecule has 0 saturated carbocycles. The van der Waals surface area contributed by atoms with Gasteiger partial charge < -0.3 is 15.5 Å². The molecule has 1 rings (SSSR count). The summed E-state index contributed by atoms with van der Waals surface area (Å²) in [6.07, 6.45) is -0.231. The van der Waals surface area contributed by atoms with Gasteiger partial charge in [0.15, 0.2) is 0 Å². The first-order valence-corrected chi connectivity index (χ1v) is 6.60. The molecule has 0 heterocycles. The molecular formula is C9H14ClNNaO3P. The van der Waals surface area contributed by atoms with Crippen LogP contribution in [-0.2, 0) is 4.57 Å². The van der Waals surface area contributed by atoms with E-state index < -0.39 is 7.60 Å². The molecule has 0 radical (unpaired) electrons. The van der Waals surface area contributed by atoms with Crippen LogP contribution in [0, 0.1) is 0 Å². The molecule has 16 heavy (non-hydrogen) atoms. The Labute approximate surface area is 122 Å². The zero-order valence-corrected chi connectivity index (χ0v) is 9.66. The Morgan fingerprint density at radius 1 is 1.31 bits per heavy atom. The van der Waals surface area contributed by atoms with Gasteiger partial charge in [-0.1, -0.05) is 23.7 Å². The molecule has 86 valence electrons. The van der Waals surface area contributed by atoms with Crippen molar-refractivity contribution in [2.75, 3.05) is 12.7 Å². The molecule has 4 nitrogen and oxygen atoms in total. The predicted molar refractivity (Wildman–Crippen MR) is 67.3 cm³/mol. The van der Waals surface area contributed by atoms with Gasteiger partial charge in [-0.05, 0) is 24.2 Å². The van der Waals surface area contributed by atoms with E-state index in [1.165, 1.54) is 0 Å². The number of benzene rings is 1. The van der Waals surface area contributed by atoms with Crippen molar-refractivity contribution in [3.63, 3.8) is 0 Å². The number of hydrogen-bond donors (Lipinski definition) is 3. The zero-order chi connectivity index (χ0) is 11.5. The van der Waals surface area contributed by atoms with Crippen molar-refractivity contribution in [1.82, 2.24) is 0 Å². The number of hydrogen-bond acceptors (Lipinski definition) is 2. The summed E-state index contributed by atoms with van der Waals surface area (Å²) in [5.41, 5.74) is 6.27. The van der Waals surface area contributed by atoms with E-state index >= 15 is 0 Å². The van der Waals surface area contributed by atoms with Gasteiger partial charge in [0.25, 0.3) is 0 Å². The Balaban J connectivity index is 0.00000225. The van der Waals surface area contributed by atoms with Gasteiger partial charge in [0.2, 0.25) is 0 Å². The van der Waals surface area contributed by atoms with E-state index in [-0.39, 0.29) is 48.2 Å². The van der Waals surface area contributed by atoms with Crippen LogP contribution in [0.5, 0.6) is 0 Å². The molecule has 1 unspecified atom stereocenters. The number of rotatable bonds is 4. The predicted octanol–water partition coefficient (Wildman–Crippen LogP) is 0.911. The molecule has 0 aliphatic carbocycles. The molecule has 0 aliphatic heterocycles. The second-order valence-corrected chi connectivity index (χ2v) is 5.46. The monoisotopic (exact) mass is 273 g/mol. The normalized spacial score (nSPS) is 13.0. The number of halogens is 1. The summed E-state index contributed by atoms with van der Waals surface area (Å²) >= 11 is 5.71. The second-order valence-electron chi connectivity index (χ2n) is 3.33. The summed E-state index contributed by atoms with van der Waals surface area (Å²) in [6, 6.07) is 6.82. The van der Waals surface area contributed by atoms with Crippen LogP contribution in [0.4, 0.5) is 0 Å². The topological polar surface area (TPSA) is 83.6 Å². The van der Waals surface area contributed by atoms with Crippen LogP contribution in [0.2, 0.25) is 5.02 Å². The second kappa shape index (κ2) is 7.14. The molecule has 1 aromatic carbocycles. The molecule has 0 amide bonds. The van der Waals surface area contributed by atoms with Crippen LogP contribution < -0.4 is 5.73 Å². The van der Waals surface area contributed by atoms with E-state index in [1.54, 1.807) is 24.3 Å². The molecule has 4 N–H and O–H groups in total. The van der Waals surface area contributed by atoms with Gasteiger partial charge in [0.1, 0.15) is 0 Å². The van der Waals surface area contributed by atoms with Crippen LogP contribution in [0.1, 0.15) is 11.5 Å². The Morgan fingerprint density at radius 2 is 1.81 bits per heavy atom. The summed E-state index contributed by atoms with van der Waals surface area (Å²) in [7, 11) is -4.03. The Hall–Kier alpha value is 0.620. The summed E-state index contributed by atoms with van der Waals surface area (Å²) in [6.45, 7) is 0.201. The SMILES string of the molecule is NCC(CP(=O)(O)O)c1ccc(Cl)cc1.[NaH]. The molecule has 7 heteroatoms. The van der Waals surface area contributed by atoms with Crippen LogP contribution >= 0.6 is 19.2 Å². The molecule has 1 atom stereocenters. The third kappa shape index (κ3) is 5.80. The minimum absolute atomic E-state index is 0. The summed E-state index contributed by atoms with van der Waals surface area (Å²) in [5, 5.41) is 0.589. The molecule has 0 saturated heterocycles. The average Bonchev–Trinajstić information content (AvgIpc) is 2.14.